The fraction of sp³-hybridized carbons (Fsp3) is 0.571. The summed E-state index contributed by atoms with van der Waals surface area (Å²) >= 11 is 1.72. The van der Waals surface area contributed by atoms with Crippen molar-refractivity contribution in [2.75, 3.05) is 26.2 Å². The van der Waals surface area contributed by atoms with E-state index in [1.54, 1.807) is 11.3 Å². The van der Waals surface area contributed by atoms with Gasteiger partial charge < -0.3 is 9.80 Å². The molecule has 0 unspecified atom stereocenters. The minimum Gasteiger partial charge on any atom is -0.339 e. The van der Waals surface area contributed by atoms with Crippen LogP contribution in [0.4, 0.5) is 0 Å². The number of hydrogen-bond acceptors (Lipinski definition) is 4. The van der Waals surface area contributed by atoms with Crippen LogP contribution < -0.4 is 0 Å². The van der Waals surface area contributed by atoms with Crippen LogP contribution in [-0.4, -0.2) is 52.8 Å². The minimum absolute atomic E-state index is 0.212. The molecule has 0 atom stereocenters. The van der Waals surface area contributed by atoms with Crippen molar-refractivity contribution >= 4 is 33.4 Å². The van der Waals surface area contributed by atoms with Crippen molar-refractivity contribution in [2.24, 2.45) is 5.92 Å². The molecule has 5 nitrogen and oxygen atoms in total. The van der Waals surface area contributed by atoms with Crippen LogP contribution in [0.1, 0.15) is 43.5 Å². The molecule has 2 heterocycles. The number of nitrogens with zero attached hydrogens (tertiary/aromatic N) is 3. The summed E-state index contributed by atoms with van der Waals surface area (Å²) < 4.78 is 1.21. The van der Waals surface area contributed by atoms with Crippen molar-refractivity contribution < 1.29 is 9.59 Å². The predicted molar refractivity (Wildman–Crippen MR) is 108 cm³/mol. The highest BCUT2D eigenvalue weighted by molar-refractivity contribution is 7.18. The summed E-state index contributed by atoms with van der Waals surface area (Å²) in [7, 11) is 0. The molecule has 1 saturated heterocycles. The summed E-state index contributed by atoms with van der Waals surface area (Å²) in [6, 6.07) is 8.16. The highest BCUT2D eigenvalue weighted by Gasteiger charge is 2.30. The molecule has 0 spiro atoms. The molecular formula is C21H27N3O2S. The maximum atomic E-state index is 12.5. The normalized spacial score (nSPS) is 18.4. The Hall–Kier alpha value is -1.95. The Bertz CT molecular complexity index is 772. The molecule has 6 heteroatoms. The lowest BCUT2D eigenvalue weighted by atomic mass is 10.1. The van der Waals surface area contributed by atoms with Gasteiger partial charge in [0.05, 0.1) is 15.2 Å². The second-order valence-electron chi connectivity index (χ2n) is 7.62. The Morgan fingerprint density at radius 3 is 2.48 bits per heavy atom. The number of fused-ring (bicyclic) bond motifs is 1. The molecule has 1 aromatic heterocycles. The zero-order valence-corrected chi connectivity index (χ0v) is 16.5. The van der Waals surface area contributed by atoms with E-state index in [1.807, 2.05) is 28.0 Å². The Morgan fingerprint density at radius 1 is 1.04 bits per heavy atom. The Balaban J connectivity index is 1.20. The van der Waals surface area contributed by atoms with Crippen LogP contribution in [0.2, 0.25) is 0 Å². The van der Waals surface area contributed by atoms with Crippen molar-refractivity contribution in [2.45, 2.75) is 44.9 Å². The highest BCUT2D eigenvalue weighted by Crippen LogP contribution is 2.27. The van der Waals surface area contributed by atoms with Gasteiger partial charge in [0.1, 0.15) is 0 Å². The molecule has 1 aliphatic carbocycles. The molecule has 2 aromatic rings. The van der Waals surface area contributed by atoms with Crippen molar-refractivity contribution in [1.29, 1.82) is 0 Å². The lowest BCUT2D eigenvalue weighted by Crippen LogP contribution is -2.51. The quantitative estimate of drug-likeness (QED) is 0.792. The summed E-state index contributed by atoms with van der Waals surface area (Å²) in [4.78, 5) is 33.5. The number of carbonyl (C=O) groups is 2. The number of rotatable bonds is 5. The number of aromatic nitrogens is 1. The predicted octanol–water partition coefficient (Wildman–Crippen LogP) is 3.48. The van der Waals surface area contributed by atoms with Crippen LogP contribution in [0.25, 0.3) is 10.2 Å². The molecule has 2 aliphatic rings. The van der Waals surface area contributed by atoms with E-state index < -0.39 is 0 Å². The van der Waals surface area contributed by atoms with E-state index in [0.29, 0.717) is 38.5 Å². The summed E-state index contributed by atoms with van der Waals surface area (Å²) in [5, 5.41) is 1.11. The number of amides is 2. The zero-order valence-electron chi connectivity index (χ0n) is 15.7. The first kappa shape index (κ1) is 18.4. The summed E-state index contributed by atoms with van der Waals surface area (Å²) in [6.07, 6.45) is 6.71. The third-order valence-corrected chi connectivity index (χ3v) is 6.86. The zero-order chi connectivity index (χ0) is 18.6. The topological polar surface area (TPSA) is 53.5 Å². The van der Waals surface area contributed by atoms with Gasteiger partial charge in [-0.05, 0) is 37.8 Å². The van der Waals surface area contributed by atoms with Gasteiger partial charge in [-0.1, -0.05) is 25.0 Å². The number of hydrogen-bond donors (Lipinski definition) is 0. The van der Waals surface area contributed by atoms with Gasteiger partial charge >= 0.3 is 0 Å². The van der Waals surface area contributed by atoms with Crippen LogP contribution in [0, 0.1) is 5.92 Å². The molecule has 0 bridgehead atoms. The monoisotopic (exact) mass is 385 g/mol. The molecule has 0 N–H and O–H groups in total. The molecule has 1 aliphatic heterocycles. The fourth-order valence-corrected chi connectivity index (χ4v) is 5.19. The van der Waals surface area contributed by atoms with E-state index in [4.69, 9.17) is 0 Å². The fourth-order valence-electron chi connectivity index (χ4n) is 4.18. The van der Waals surface area contributed by atoms with E-state index in [0.717, 1.165) is 36.2 Å². The van der Waals surface area contributed by atoms with Crippen molar-refractivity contribution in [3.63, 3.8) is 0 Å². The lowest BCUT2D eigenvalue weighted by molar-refractivity contribution is -0.142. The van der Waals surface area contributed by atoms with Gasteiger partial charge in [0, 0.05) is 38.5 Å². The van der Waals surface area contributed by atoms with Crippen LogP contribution in [0.15, 0.2) is 24.3 Å². The molecule has 27 heavy (non-hydrogen) atoms. The van der Waals surface area contributed by atoms with Crippen molar-refractivity contribution in [3.8, 4) is 0 Å². The largest absolute Gasteiger partial charge is 0.339 e. The third-order valence-electron chi connectivity index (χ3n) is 5.77. The maximum Gasteiger partial charge on any atom is 0.225 e. The Kier molecular flexibility index (Phi) is 5.72. The first-order chi connectivity index (χ1) is 13.2. The second kappa shape index (κ2) is 8.38. The van der Waals surface area contributed by atoms with Crippen molar-refractivity contribution in [1.82, 2.24) is 14.8 Å². The Morgan fingerprint density at radius 2 is 1.74 bits per heavy atom. The van der Waals surface area contributed by atoms with Crippen molar-refractivity contribution in [3.05, 3.63) is 29.3 Å². The van der Waals surface area contributed by atoms with E-state index >= 15 is 0 Å². The average Bonchev–Trinajstić information content (AvgIpc) is 3.37. The standard InChI is InChI=1S/C21H27N3O2S/c25-20(11-5-10-19-22-17-8-3-4-9-18(17)27-19)23-12-14-24(15-13-23)21(26)16-6-1-2-7-16/h3-4,8-9,16H,1-2,5-7,10-15H2. The maximum absolute atomic E-state index is 12.5. The molecule has 2 amide bonds. The van der Waals surface area contributed by atoms with E-state index in [9.17, 15) is 9.59 Å². The summed E-state index contributed by atoms with van der Waals surface area (Å²) in [6.45, 7) is 2.74. The molecule has 0 radical (unpaired) electrons. The first-order valence-electron chi connectivity index (χ1n) is 10.1. The minimum atomic E-state index is 0.212. The number of aryl methyl sites for hydroxylation is 1. The van der Waals surface area contributed by atoms with Gasteiger partial charge in [0.2, 0.25) is 11.8 Å². The molecule has 144 valence electrons. The SMILES string of the molecule is O=C(CCCc1nc2ccccc2s1)N1CCN(C(=O)C2CCCC2)CC1. The third kappa shape index (κ3) is 4.32. The van der Waals surface area contributed by atoms with Gasteiger partial charge in [-0.25, -0.2) is 4.98 Å². The lowest BCUT2D eigenvalue weighted by Gasteiger charge is -2.36. The summed E-state index contributed by atoms with van der Waals surface area (Å²) in [5.74, 6) is 0.764. The molecule has 4 rings (SSSR count). The van der Waals surface area contributed by atoms with Gasteiger partial charge in [-0.15, -0.1) is 11.3 Å². The molecule has 1 saturated carbocycles. The van der Waals surface area contributed by atoms with Crippen LogP contribution in [-0.2, 0) is 16.0 Å². The number of piperazine rings is 1. The average molecular weight is 386 g/mol. The highest BCUT2D eigenvalue weighted by atomic mass is 32.1. The molecular weight excluding hydrogens is 358 g/mol. The van der Waals surface area contributed by atoms with E-state index in [1.165, 1.54) is 17.5 Å². The molecule has 1 aromatic carbocycles. The number of carbonyl (C=O) groups excluding carboxylic acids is 2. The van der Waals surface area contributed by atoms with Crippen LogP contribution in [0.5, 0.6) is 0 Å². The number of benzene rings is 1. The van der Waals surface area contributed by atoms with E-state index in [2.05, 4.69) is 11.1 Å². The second-order valence-corrected chi connectivity index (χ2v) is 8.73. The number of para-hydroxylation sites is 1. The van der Waals surface area contributed by atoms with Gasteiger partial charge in [0.15, 0.2) is 0 Å². The molecule has 2 fully saturated rings. The number of thiazole rings is 1. The van der Waals surface area contributed by atoms with Crippen LogP contribution >= 0.6 is 11.3 Å². The van der Waals surface area contributed by atoms with Gasteiger partial charge in [0.25, 0.3) is 0 Å². The smallest absolute Gasteiger partial charge is 0.225 e. The first-order valence-corrected chi connectivity index (χ1v) is 10.9. The van der Waals surface area contributed by atoms with E-state index in [-0.39, 0.29) is 11.8 Å². The Labute approximate surface area is 164 Å². The van der Waals surface area contributed by atoms with Gasteiger partial charge in [-0.2, -0.15) is 0 Å². The van der Waals surface area contributed by atoms with Gasteiger partial charge in [-0.3, -0.25) is 9.59 Å². The summed E-state index contributed by atoms with van der Waals surface area (Å²) in [5.41, 5.74) is 1.05. The van der Waals surface area contributed by atoms with Crippen LogP contribution in [0.3, 0.4) is 0 Å².